The van der Waals surface area contributed by atoms with E-state index in [2.05, 4.69) is 4.18 Å². The first-order valence-electron chi connectivity index (χ1n) is 8.98. The number of likely N-dealkylation sites (tertiary alicyclic amines) is 1. The normalized spacial score (nSPS) is 20.6. The highest BCUT2D eigenvalue weighted by Gasteiger charge is 2.86. The molecule has 1 atom stereocenters. The number of amides is 1. The summed E-state index contributed by atoms with van der Waals surface area (Å²) in [5.41, 5.74) is 0.934. The Morgan fingerprint density at radius 2 is 1.53 bits per heavy atom. The number of alkyl halides is 9. The zero-order valence-corrected chi connectivity index (χ0v) is 16.6. The molecule has 180 valence electrons. The summed E-state index contributed by atoms with van der Waals surface area (Å²) in [4.78, 5) is 13.2. The van der Waals surface area contributed by atoms with Crippen LogP contribution in [0.15, 0.2) is 18.2 Å². The van der Waals surface area contributed by atoms with Crippen molar-refractivity contribution in [3.8, 4) is 5.75 Å². The third-order valence-electron chi connectivity index (χ3n) is 5.34. The van der Waals surface area contributed by atoms with Gasteiger partial charge >= 0.3 is 33.4 Å². The van der Waals surface area contributed by atoms with E-state index >= 15 is 0 Å². The predicted molar refractivity (Wildman–Crippen MR) is 89.0 cm³/mol. The van der Waals surface area contributed by atoms with Crippen molar-refractivity contribution in [1.82, 2.24) is 4.90 Å². The average Bonchev–Trinajstić information content (AvgIpc) is 2.65. The highest BCUT2D eigenvalue weighted by atomic mass is 32.2. The fraction of sp³-hybridized carbons (Fsp3) is 0.588. The van der Waals surface area contributed by atoms with Gasteiger partial charge in [0.2, 0.25) is 5.91 Å². The van der Waals surface area contributed by atoms with Crippen LogP contribution < -0.4 is 4.18 Å². The summed E-state index contributed by atoms with van der Waals surface area (Å²) < 4.78 is 144. The molecule has 0 spiro atoms. The maximum atomic E-state index is 13.8. The van der Waals surface area contributed by atoms with Gasteiger partial charge in [-0.2, -0.15) is 47.9 Å². The van der Waals surface area contributed by atoms with Gasteiger partial charge in [-0.15, -0.1) is 0 Å². The van der Waals surface area contributed by atoms with Crippen LogP contribution in [-0.2, 0) is 27.8 Å². The van der Waals surface area contributed by atoms with Gasteiger partial charge in [0.05, 0.1) is 0 Å². The third-order valence-corrected chi connectivity index (χ3v) is 6.64. The Morgan fingerprint density at radius 3 is 2.03 bits per heavy atom. The van der Waals surface area contributed by atoms with E-state index in [9.17, 15) is 52.7 Å². The Hall–Kier alpha value is -2.19. The van der Waals surface area contributed by atoms with Crippen LogP contribution in [0.3, 0.4) is 0 Å². The minimum Gasteiger partial charge on any atom is -0.378 e. The highest BCUT2D eigenvalue weighted by Crippen LogP contribution is 2.55. The van der Waals surface area contributed by atoms with Crippen LogP contribution >= 0.6 is 0 Å². The molecule has 32 heavy (non-hydrogen) atoms. The molecule has 0 bridgehead atoms. The summed E-state index contributed by atoms with van der Waals surface area (Å²) in [6.07, 6.45) is -5.78. The van der Waals surface area contributed by atoms with Crippen LogP contribution in [0.4, 0.5) is 39.5 Å². The lowest BCUT2D eigenvalue weighted by atomic mass is 9.86. The Bertz CT molecular complexity index is 1020. The minimum absolute atomic E-state index is 0.0525. The van der Waals surface area contributed by atoms with E-state index in [0.717, 1.165) is 12.1 Å². The Morgan fingerprint density at radius 1 is 0.906 bits per heavy atom. The van der Waals surface area contributed by atoms with Crippen LogP contribution in [0, 0.1) is 0 Å². The molecule has 0 saturated carbocycles. The number of halogens is 9. The molecular weight excluding hydrogens is 485 g/mol. The number of β-lactam (4-membered cyclic amide) rings is 1. The summed E-state index contributed by atoms with van der Waals surface area (Å²) in [7, 11) is -6.98. The van der Waals surface area contributed by atoms with Gasteiger partial charge in [0.25, 0.3) is 0 Å². The van der Waals surface area contributed by atoms with Crippen LogP contribution in [0.1, 0.15) is 24.0 Å². The number of hydrogen-bond acceptors (Lipinski definition) is 4. The Kier molecular flexibility index (Phi) is 5.67. The number of nitrogens with zero attached hydrogens (tertiary/aromatic N) is 1. The molecular formula is C17H14F9NO4S. The molecule has 0 N–H and O–H groups in total. The lowest BCUT2D eigenvalue weighted by molar-refractivity contribution is -0.382. The van der Waals surface area contributed by atoms with Gasteiger partial charge in [-0.3, -0.25) is 4.79 Å². The van der Waals surface area contributed by atoms with E-state index in [-0.39, 0.29) is 18.4 Å². The number of benzene rings is 1. The molecule has 2 aliphatic rings. The monoisotopic (exact) mass is 499 g/mol. The third kappa shape index (κ3) is 3.67. The summed E-state index contributed by atoms with van der Waals surface area (Å²) in [6.45, 7) is 0.560. The maximum Gasteiger partial charge on any atom is 0.460 e. The first-order chi connectivity index (χ1) is 14.4. The van der Waals surface area contributed by atoms with Crippen LogP contribution in [-0.4, -0.2) is 55.1 Å². The largest absolute Gasteiger partial charge is 0.460 e. The van der Waals surface area contributed by atoms with E-state index in [0.29, 0.717) is 36.9 Å². The van der Waals surface area contributed by atoms with Gasteiger partial charge in [0, 0.05) is 19.0 Å². The number of rotatable bonds is 6. The summed E-state index contributed by atoms with van der Waals surface area (Å²) in [6, 6.07) is 2.72. The number of carbonyl (C=O) groups is 1. The fourth-order valence-corrected chi connectivity index (χ4v) is 4.35. The van der Waals surface area contributed by atoms with Gasteiger partial charge in [-0.25, -0.2) is 0 Å². The van der Waals surface area contributed by atoms with Gasteiger partial charge in [-0.1, -0.05) is 6.07 Å². The van der Waals surface area contributed by atoms with Crippen molar-refractivity contribution in [3.63, 3.8) is 0 Å². The van der Waals surface area contributed by atoms with Gasteiger partial charge in [0.15, 0.2) is 0 Å². The fourth-order valence-electron chi connectivity index (χ4n) is 3.45. The number of aryl methyl sites for hydroxylation is 1. The quantitative estimate of drug-likeness (QED) is 0.339. The molecule has 1 aliphatic heterocycles. The minimum atomic E-state index is -7.36. The summed E-state index contributed by atoms with van der Waals surface area (Å²) in [5, 5.41) is -6.92. The van der Waals surface area contributed by atoms with Crippen molar-refractivity contribution in [2.24, 2.45) is 0 Å². The molecule has 1 aliphatic carbocycles. The maximum absolute atomic E-state index is 13.8. The molecule has 1 heterocycles. The topological polar surface area (TPSA) is 63.7 Å². The lowest BCUT2D eigenvalue weighted by Gasteiger charge is -2.40. The SMILES string of the molecule is O=C1CCN1C1CCc2cc(OS(=O)(=O)C(F)(F)C(F)(F)C(F)(F)C(F)(F)F)ccc2C1. The molecule has 1 aromatic rings. The van der Waals surface area contributed by atoms with E-state index in [1.54, 1.807) is 4.90 Å². The van der Waals surface area contributed by atoms with E-state index in [1.165, 1.54) is 6.07 Å². The number of carbonyl (C=O) groups excluding carboxylic acids is 1. The van der Waals surface area contributed by atoms with Crippen molar-refractivity contribution in [3.05, 3.63) is 29.3 Å². The molecule has 1 amide bonds. The van der Waals surface area contributed by atoms with Gasteiger partial charge in [-0.05, 0) is 42.5 Å². The Labute approximate surface area is 175 Å². The molecule has 15 heteroatoms. The highest BCUT2D eigenvalue weighted by molar-refractivity contribution is 7.88. The molecule has 0 aromatic heterocycles. The smallest absolute Gasteiger partial charge is 0.378 e. The van der Waals surface area contributed by atoms with Crippen molar-refractivity contribution in [2.45, 2.75) is 55.0 Å². The van der Waals surface area contributed by atoms with Gasteiger partial charge in [0.1, 0.15) is 5.75 Å². The molecule has 3 rings (SSSR count). The molecule has 1 unspecified atom stereocenters. The van der Waals surface area contributed by atoms with Crippen LogP contribution in [0.2, 0.25) is 0 Å². The first kappa shape index (κ1) is 24.5. The van der Waals surface area contributed by atoms with Crippen molar-refractivity contribution < 1.29 is 56.9 Å². The standard InChI is InChI=1S/C17H14F9NO4S/c18-14(19,16(22,23)24)15(20,21)17(25,26)32(29,30)31-12-4-2-9-7-11(3-1-10(9)8-12)27-6-5-13(27)28/h2,4,8,11H,1,3,5-7H2. The van der Waals surface area contributed by atoms with E-state index in [1.807, 2.05) is 0 Å². The second kappa shape index (κ2) is 7.42. The molecule has 1 saturated heterocycles. The predicted octanol–water partition coefficient (Wildman–Crippen LogP) is 3.91. The summed E-state index contributed by atoms with van der Waals surface area (Å²) in [5.74, 6) is -15.7. The van der Waals surface area contributed by atoms with Crippen molar-refractivity contribution in [1.29, 1.82) is 0 Å². The van der Waals surface area contributed by atoms with Crippen molar-refractivity contribution in [2.75, 3.05) is 6.54 Å². The second-order valence-corrected chi connectivity index (χ2v) is 8.95. The zero-order chi connectivity index (χ0) is 24.3. The zero-order valence-electron chi connectivity index (χ0n) is 15.7. The molecule has 5 nitrogen and oxygen atoms in total. The van der Waals surface area contributed by atoms with Gasteiger partial charge < -0.3 is 9.08 Å². The lowest BCUT2D eigenvalue weighted by Crippen LogP contribution is -2.63. The van der Waals surface area contributed by atoms with Crippen molar-refractivity contribution >= 4 is 16.0 Å². The molecule has 0 radical (unpaired) electrons. The Balaban J connectivity index is 1.83. The second-order valence-electron chi connectivity index (χ2n) is 7.37. The number of hydrogen-bond donors (Lipinski definition) is 0. The first-order valence-corrected chi connectivity index (χ1v) is 10.4. The van der Waals surface area contributed by atoms with E-state index in [4.69, 9.17) is 0 Å². The molecule has 1 aromatic carbocycles. The van der Waals surface area contributed by atoms with E-state index < -0.39 is 39.1 Å². The van der Waals surface area contributed by atoms with Crippen LogP contribution in [0.25, 0.3) is 0 Å². The average molecular weight is 499 g/mol. The summed E-state index contributed by atoms with van der Waals surface area (Å²) >= 11 is 0. The number of fused-ring (bicyclic) bond motifs is 1. The van der Waals surface area contributed by atoms with Crippen LogP contribution in [0.5, 0.6) is 5.75 Å². The molecule has 1 fully saturated rings.